The van der Waals surface area contributed by atoms with Crippen molar-refractivity contribution in [1.82, 2.24) is 10.2 Å². The number of halogens is 1. The van der Waals surface area contributed by atoms with E-state index in [9.17, 15) is 28.9 Å². The number of urea groups is 1. The number of nitro groups is 1. The number of furan rings is 1. The summed E-state index contributed by atoms with van der Waals surface area (Å²) in [5, 5.41) is 14.2. The van der Waals surface area contributed by atoms with Gasteiger partial charge in [-0.2, -0.15) is 0 Å². The Balaban J connectivity index is 1.58. The van der Waals surface area contributed by atoms with Gasteiger partial charge in [0.15, 0.2) is 5.75 Å². The van der Waals surface area contributed by atoms with E-state index in [0.29, 0.717) is 0 Å². The average molecular weight is 525 g/mol. The van der Waals surface area contributed by atoms with Crippen molar-refractivity contribution >= 4 is 29.7 Å². The Hall–Kier alpha value is -5.20. The highest BCUT2D eigenvalue weighted by atomic mass is 19.1. The van der Waals surface area contributed by atoms with Gasteiger partial charge < -0.3 is 23.9 Å². The minimum absolute atomic E-state index is 0.0399. The molecule has 2 aromatic carbocycles. The third-order valence-corrected chi connectivity index (χ3v) is 5.44. The molecule has 13 heteroatoms. The molecule has 3 amide bonds. The maximum atomic E-state index is 14.0. The summed E-state index contributed by atoms with van der Waals surface area (Å²) >= 11 is 0. The van der Waals surface area contributed by atoms with Crippen molar-refractivity contribution in [1.29, 1.82) is 0 Å². The van der Waals surface area contributed by atoms with Gasteiger partial charge in [0.05, 0.1) is 25.7 Å². The molecule has 1 aliphatic rings. The molecule has 0 unspecified atom stereocenters. The van der Waals surface area contributed by atoms with Gasteiger partial charge in [0.25, 0.3) is 5.91 Å². The standard InChI is InChI=1S/C25H20FN3O9/c1-35-21-11-14(10-19(29(33)34)22(21)37-13-15-5-3-4-6-17(15)26)9-18-23(30)28(25(32)27-18)12-16-7-8-20(38-16)24(31)36-2/h3-11H,12-13H2,1-2H3,(H,27,32)/b18-9-. The number of methoxy groups -OCH3 is 2. The molecule has 0 bridgehead atoms. The number of rotatable bonds is 9. The molecule has 12 nitrogen and oxygen atoms in total. The molecule has 0 saturated carbocycles. The molecule has 1 fully saturated rings. The predicted octanol–water partition coefficient (Wildman–Crippen LogP) is 3.79. The highest BCUT2D eigenvalue weighted by Crippen LogP contribution is 2.39. The quantitative estimate of drug-likeness (QED) is 0.145. The average Bonchev–Trinajstić information content (AvgIpc) is 3.48. The van der Waals surface area contributed by atoms with Crippen molar-refractivity contribution in [2.45, 2.75) is 13.2 Å². The molecule has 1 aromatic heterocycles. The maximum Gasteiger partial charge on any atom is 0.373 e. The van der Waals surface area contributed by atoms with Crippen LogP contribution in [-0.2, 0) is 22.7 Å². The van der Waals surface area contributed by atoms with E-state index < -0.39 is 34.3 Å². The Morgan fingerprint density at radius 2 is 1.95 bits per heavy atom. The van der Waals surface area contributed by atoms with Crippen LogP contribution in [0.15, 0.2) is 58.6 Å². The number of nitrogens with one attached hydrogen (secondary N) is 1. The van der Waals surface area contributed by atoms with Crippen LogP contribution < -0.4 is 14.8 Å². The number of nitrogens with zero attached hydrogens (tertiary/aromatic N) is 2. The number of esters is 1. The number of carbonyl (C=O) groups excluding carboxylic acids is 3. The fourth-order valence-corrected chi connectivity index (χ4v) is 3.60. The van der Waals surface area contributed by atoms with Crippen molar-refractivity contribution < 1.29 is 42.3 Å². The van der Waals surface area contributed by atoms with E-state index in [1.165, 1.54) is 56.7 Å². The monoisotopic (exact) mass is 525 g/mol. The van der Waals surface area contributed by atoms with Gasteiger partial charge in [-0.3, -0.25) is 19.8 Å². The first-order chi connectivity index (χ1) is 18.2. The second kappa shape index (κ2) is 10.8. The number of ether oxygens (including phenoxy) is 3. The van der Waals surface area contributed by atoms with Crippen LogP contribution in [0.3, 0.4) is 0 Å². The van der Waals surface area contributed by atoms with Crippen LogP contribution in [0.1, 0.15) is 27.4 Å². The largest absolute Gasteiger partial charge is 0.493 e. The van der Waals surface area contributed by atoms with Crippen molar-refractivity contribution in [2.75, 3.05) is 14.2 Å². The zero-order valence-electron chi connectivity index (χ0n) is 20.1. The van der Waals surface area contributed by atoms with Crippen LogP contribution in [0.25, 0.3) is 6.08 Å². The number of carbonyl (C=O) groups is 3. The molecule has 38 heavy (non-hydrogen) atoms. The molecule has 1 aliphatic heterocycles. The van der Waals surface area contributed by atoms with Crippen LogP contribution in [-0.4, -0.2) is 42.0 Å². The second-order valence-electron chi connectivity index (χ2n) is 7.85. The Morgan fingerprint density at radius 3 is 2.63 bits per heavy atom. The lowest BCUT2D eigenvalue weighted by molar-refractivity contribution is -0.386. The van der Waals surface area contributed by atoms with Crippen LogP contribution >= 0.6 is 0 Å². The van der Waals surface area contributed by atoms with Crippen LogP contribution in [0, 0.1) is 15.9 Å². The topological polar surface area (TPSA) is 150 Å². The fraction of sp³-hybridized carbons (Fsp3) is 0.160. The van der Waals surface area contributed by atoms with Crippen molar-refractivity contribution in [3.63, 3.8) is 0 Å². The second-order valence-corrected chi connectivity index (χ2v) is 7.85. The van der Waals surface area contributed by atoms with E-state index in [-0.39, 0.29) is 53.0 Å². The van der Waals surface area contributed by atoms with Gasteiger partial charge in [0.1, 0.15) is 23.9 Å². The summed E-state index contributed by atoms with van der Waals surface area (Å²) in [6.45, 7) is -0.566. The zero-order valence-corrected chi connectivity index (χ0v) is 20.1. The van der Waals surface area contributed by atoms with Gasteiger partial charge in [0.2, 0.25) is 11.5 Å². The SMILES string of the molecule is COC(=O)c1ccc(CN2C(=O)N/C(=C\c3cc(OC)c(OCc4ccccc4F)c([N+](=O)[O-])c3)C2=O)o1. The highest BCUT2D eigenvalue weighted by molar-refractivity contribution is 6.13. The van der Waals surface area contributed by atoms with Gasteiger partial charge in [0, 0.05) is 11.6 Å². The smallest absolute Gasteiger partial charge is 0.373 e. The Morgan fingerprint density at radius 1 is 1.18 bits per heavy atom. The molecular weight excluding hydrogens is 505 g/mol. The summed E-state index contributed by atoms with van der Waals surface area (Å²) in [6.07, 6.45) is 1.23. The number of benzene rings is 2. The third-order valence-electron chi connectivity index (χ3n) is 5.44. The van der Waals surface area contributed by atoms with Crippen molar-refractivity contribution in [2.24, 2.45) is 0 Å². The summed E-state index contributed by atoms with van der Waals surface area (Å²) in [5.74, 6) is -2.19. The van der Waals surface area contributed by atoms with Crippen molar-refractivity contribution in [3.8, 4) is 11.5 Å². The van der Waals surface area contributed by atoms with Crippen LogP contribution in [0.2, 0.25) is 0 Å². The van der Waals surface area contributed by atoms with Gasteiger partial charge in [-0.1, -0.05) is 18.2 Å². The lowest BCUT2D eigenvalue weighted by Crippen LogP contribution is -2.30. The lowest BCUT2D eigenvalue weighted by atomic mass is 10.1. The molecule has 2 heterocycles. The summed E-state index contributed by atoms with van der Waals surface area (Å²) in [7, 11) is 2.45. The van der Waals surface area contributed by atoms with Gasteiger partial charge in [-0.05, 0) is 35.9 Å². The first-order valence-electron chi connectivity index (χ1n) is 11.0. The van der Waals surface area contributed by atoms with E-state index in [2.05, 4.69) is 10.1 Å². The highest BCUT2D eigenvalue weighted by Gasteiger charge is 2.35. The first-order valence-corrected chi connectivity index (χ1v) is 11.0. The fourth-order valence-electron chi connectivity index (χ4n) is 3.60. The molecule has 4 rings (SSSR count). The molecule has 0 atom stereocenters. The number of amides is 3. The minimum Gasteiger partial charge on any atom is -0.493 e. The van der Waals surface area contributed by atoms with Gasteiger partial charge in [-0.15, -0.1) is 0 Å². The Bertz CT molecular complexity index is 1460. The maximum absolute atomic E-state index is 14.0. The van der Waals surface area contributed by atoms with Gasteiger partial charge >= 0.3 is 17.7 Å². The third kappa shape index (κ3) is 5.31. The summed E-state index contributed by atoms with van der Waals surface area (Å²) in [5.41, 5.74) is -0.314. The first kappa shape index (κ1) is 25.9. The normalized spacial score (nSPS) is 14.0. The Labute approximate surface area is 214 Å². The molecule has 0 spiro atoms. The van der Waals surface area contributed by atoms with E-state index in [1.807, 2.05) is 0 Å². The molecule has 196 valence electrons. The number of hydrogen-bond donors (Lipinski definition) is 1. The number of imide groups is 1. The van der Waals surface area contributed by atoms with E-state index in [1.54, 1.807) is 6.07 Å². The van der Waals surface area contributed by atoms with E-state index in [4.69, 9.17) is 13.9 Å². The summed E-state index contributed by atoms with van der Waals surface area (Å²) in [4.78, 5) is 48.8. The molecule has 1 saturated heterocycles. The summed E-state index contributed by atoms with van der Waals surface area (Å²) < 4.78 is 34.6. The van der Waals surface area contributed by atoms with E-state index >= 15 is 0 Å². The van der Waals surface area contributed by atoms with Crippen molar-refractivity contribution in [3.05, 3.63) is 92.8 Å². The molecule has 1 N–H and O–H groups in total. The molecule has 0 radical (unpaired) electrons. The summed E-state index contributed by atoms with van der Waals surface area (Å²) in [6, 6.07) is 10.3. The zero-order chi connectivity index (χ0) is 27.4. The lowest BCUT2D eigenvalue weighted by Gasteiger charge is -2.12. The molecule has 3 aromatic rings. The van der Waals surface area contributed by atoms with Crippen LogP contribution in [0.5, 0.6) is 11.5 Å². The van der Waals surface area contributed by atoms with Crippen LogP contribution in [0.4, 0.5) is 14.9 Å². The molecule has 0 aliphatic carbocycles. The molecular formula is C25H20FN3O9. The minimum atomic E-state index is -0.761. The van der Waals surface area contributed by atoms with E-state index in [0.717, 1.165) is 11.0 Å². The van der Waals surface area contributed by atoms with Gasteiger partial charge in [-0.25, -0.2) is 14.0 Å². The predicted molar refractivity (Wildman–Crippen MR) is 127 cm³/mol. The number of nitro benzene ring substituents is 1. The Kier molecular flexibility index (Phi) is 7.37. The number of hydrogen-bond acceptors (Lipinski definition) is 9.